The van der Waals surface area contributed by atoms with Crippen molar-refractivity contribution in [2.45, 2.75) is 25.8 Å². The van der Waals surface area contributed by atoms with Crippen LogP contribution in [-0.4, -0.2) is 16.9 Å². The summed E-state index contributed by atoms with van der Waals surface area (Å²) in [5.41, 5.74) is 0.0271. The fraction of sp³-hybridized carbons (Fsp3) is 0.455. The molecule has 1 amide bonds. The van der Waals surface area contributed by atoms with E-state index in [-0.39, 0.29) is 17.5 Å². The van der Waals surface area contributed by atoms with Crippen molar-refractivity contribution >= 4 is 5.91 Å². The molecule has 0 radical (unpaired) electrons. The van der Waals surface area contributed by atoms with E-state index in [1.54, 1.807) is 6.07 Å². The second-order valence-electron chi connectivity index (χ2n) is 3.83. The standard InChI is InChI=1S/C11H13FN2O/c1-2-7-6-9(7)14-11(15)8-4-3-5-13-10(8)12/h3-5,7,9H,2,6H2,1H3,(H,14,15). The molecule has 0 aromatic carbocycles. The molecule has 0 bridgehead atoms. The Kier molecular flexibility index (Phi) is 2.66. The average molecular weight is 208 g/mol. The van der Waals surface area contributed by atoms with Gasteiger partial charge in [0.05, 0.1) is 5.56 Å². The van der Waals surface area contributed by atoms with Crippen LogP contribution < -0.4 is 5.32 Å². The first-order valence-electron chi connectivity index (χ1n) is 5.13. The number of carbonyl (C=O) groups excluding carboxylic acids is 1. The first kappa shape index (κ1) is 10.1. The third kappa shape index (κ3) is 2.14. The Morgan fingerprint density at radius 1 is 1.73 bits per heavy atom. The molecule has 1 heterocycles. The molecule has 3 nitrogen and oxygen atoms in total. The van der Waals surface area contributed by atoms with Crippen LogP contribution in [0.5, 0.6) is 0 Å². The number of nitrogens with zero attached hydrogens (tertiary/aromatic N) is 1. The fourth-order valence-electron chi connectivity index (χ4n) is 1.68. The molecule has 0 aliphatic heterocycles. The molecule has 1 aliphatic rings. The number of hydrogen-bond acceptors (Lipinski definition) is 2. The molecule has 1 aromatic rings. The van der Waals surface area contributed by atoms with Crippen molar-refractivity contribution in [3.05, 3.63) is 29.8 Å². The van der Waals surface area contributed by atoms with Crippen molar-refractivity contribution in [3.63, 3.8) is 0 Å². The van der Waals surface area contributed by atoms with Gasteiger partial charge in [-0.15, -0.1) is 0 Å². The third-order valence-corrected chi connectivity index (χ3v) is 2.77. The molecule has 1 saturated carbocycles. The van der Waals surface area contributed by atoms with E-state index in [9.17, 15) is 9.18 Å². The first-order valence-corrected chi connectivity index (χ1v) is 5.13. The van der Waals surface area contributed by atoms with Gasteiger partial charge in [-0.05, 0) is 24.5 Å². The molecule has 1 N–H and O–H groups in total. The fourth-order valence-corrected chi connectivity index (χ4v) is 1.68. The molecular formula is C11H13FN2O. The van der Waals surface area contributed by atoms with Crippen molar-refractivity contribution in [1.29, 1.82) is 0 Å². The first-order chi connectivity index (χ1) is 7.22. The summed E-state index contributed by atoms with van der Waals surface area (Å²) in [6.45, 7) is 2.08. The van der Waals surface area contributed by atoms with E-state index in [1.807, 2.05) is 0 Å². The number of halogens is 1. The SMILES string of the molecule is CCC1CC1NC(=O)c1cccnc1F. The van der Waals surface area contributed by atoms with Crippen molar-refractivity contribution in [2.24, 2.45) is 5.92 Å². The van der Waals surface area contributed by atoms with E-state index in [1.165, 1.54) is 12.3 Å². The Morgan fingerprint density at radius 2 is 2.53 bits per heavy atom. The van der Waals surface area contributed by atoms with E-state index in [4.69, 9.17) is 0 Å². The molecule has 1 aromatic heterocycles. The van der Waals surface area contributed by atoms with Gasteiger partial charge in [0.2, 0.25) is 5.95 Å². The molecule has 15 heavy (non-hydrogen) atoms. The minimum absolute atomic E-state index is 0.0271. The van der Waals surface area contributed by atoms with Gasteiger partial charge in [0.15, 0.2) is 0 Å². The smallest absolute Gasteiger partial charge is 0.256 e. The number of nitrogens with one attached hydrogen (secondary N) is 1. The van der Waals surface area contributed by atoms with Crippen LogP contribution in [0.4, 0.5) is 4.39 Å². The van der Waals surface area contributed by atoms with E-state index in [2.05, 4.69) is 17.2 Å². The number of aromatic nitrogens is 1. The predicted molar refractivity (Wildman–Crippen MR) is 53.8 cm³/mol. The van der Waals surface area contributed by atoms with Crippen molar-refractivity contribution < 1.29 is 9.18 Å². The zero-order valence-corrected chi connectivity index (χ0v) is 8.53. The molecular weight excluding hydrogens is 195 g/mol. The van der Waals surface area contributed by atoms with Gasteiger partial charge in [-0.1, -0.05) is 13.3 Å². The molecule has 2 unspecified atom stereocenters. The Hall–Kier alpha value is -1.45. The number of rotatable bonds is 3. The van der Waals surface area contributed by atoms with Gasteiger partial charge in [-0.3, -0.25) is 4.79 Å². The van der Waals surface area contributed by atoms with Gasteiger partial charge in [0.1, 0.15) is 0 Å². The Labute approximate surface area is 87.7 Å². The zero-order chi connectivity index (χ0) is 10.8. The minimum atomic E-state index is -0.705. The van der Waals surface area contributed by atoms with Crippen LogP contribution in [0, 0.1) is 11.9 Å². The molecule has 2 atom stereocenters. The van der Waals surface area contributed by atoms with Gasteiger partial charge in [0, 0.05) is 12.2 Å². The third-order valence-electron chi connectivity index (χ3n) is 2.77. The summed E-state index contributed by atoms with van der Waals surface area (Å²) in [5, 5.41) is 2.79. The van der Waals surface area contributed by atoms with Crippen LogP contribution in [0.1, 0.15) is 30.1 Å². The van der Waals surface area contributed by atoms with Crippen LogP contribution in [0.2, 0.25) is 0 Å². The van der Waals surface area contributed by atoms with Crippen LogP contribution in [0.15, 0.2) is 18.3 Å². The highest BCUT2D eigenvalue weighted by Crippen LogP contribution is 2.33. The number of carbonyl (C=O) groups is 1. The van der Waals surface area contributed by atoms with E-state index in [0.29, 0.717) is 5.92 Å². The monoisotopic (exact) mass is 208 g/mol. The number of pyridine rings is 1. The summed E-state index contributed by atoms with van der Waals surface area (Å²) in [4.78, 5) is 15.0. The summed E-state index contributed by atoms with van der Waals surface area (Å²) >= 11 is 0. The Bertz CT molecular complexity index is 381. The lowest BCUT2D eigenvalue weighted by atomic mass is 10.2. The maximum Gasteiger partial charge on any atom is 0.256 e. The molecule has 1 fully saturated rings. The molecule has 1 aliphatic carbocycles. The minimum Gasteiger partial charge on any atom is -0.349 e. The maximum absolute atomic E-state index is 13.1. The second-order valence-corrected chi connectivity index (χ2v) is 3.83. The quantitative estimate of drug-likeness (QED) is 0.769. The summed E-state index contributed by atoms with van der Waals surface area (Å²) in [6.07, 6.45) is 3.39. The van der Waals surface area contributed by atoms with Crippen molar-refractivity contribution in [3.8, 4) is 0 Å². The van der Waals surface area contributed by atoms with Gasteiger partial charge in [-0.25, -0.2) is 4.98 Å². The van der Waals surface area contributed by atoms with E-state index in [0.717, 1.165) is 12.8 Å². The van der Waals surface area contributed by atoms with Crippen LogP contribution in [0.3, 0.4) is 0 Å². The summed E-state index contributed by atoms with van der Waals surface area (Å²) < 4.78 is 13.1. The van der Waals surface area contributed by atoms with Crippen molar-refractivity contribution in [2.75, 3.05) is 0 Å². The molecule has 0 saturated heterocycles. The number of hydrogen-bond donors (Lipinski definition) is 1. The van der Waals surface area contributed by atoms with Gasteiger partial charge >= 0.3 is 0 Å². The van der Waals surface area contributed by atoms with Crippen molar-refractivity contribution in [1.82, 2.24) is 10.3 Å². The highest BCUT2D eigenvalue weighted by atomic mass is 19.1. The highest BCUT2D eigenvalue weighted by molar-refractivity contribution is 5.94. The number of amides is 1. The molecule has 0 spiro atoms. The zero-order valence-electron chi connectivity index (χ0n) is 8.53. The van der Waals surface area contributed by atoms with Gasteiger partial charge in [0.25, 0.3) is 5.91 Å². The lowest BCUT2D eigenvalue weighted by molar-refractivity contribution is 0.0944. The van der Waals surface area contributed by atoms with Crippen LogP contribution in [0.25, 0.3) is 0 Å². The Morgan fingerprint density at radius 3 is 3.13 bits per heavy atom. The summed E-state index contributed by atoms with van der Waals surface area (Å²) in [6, 6.07) is 3.23. The highest BCUT2D eigenvalue weighted by Gasteiger charge is 2.36. The Balaban J connectivity index is 2.00. The van der Waals surface area contributed by atoms with E-state index >= 15 is 0 Å². The predicted octanol–water partition coefficient (Wildman–Crippen LogP) is 1.75. The van der Waals surface area contributed by atoms with Crippen LogP contribution in [-0.2, 0) is 0 Å². The summed E-state index contributed by atoms with van der Waals surface area (Å²) in [5.74, 6) is -0.501. The van der Waals surface area contributed by atoms with Gasteiger partial charge < -0.3 is 5.32 Å². The lowest BCUT2D eigenvalue weighted by Crippen LogP contribution is -2.27. The molecule has 4 heteroatoms. The lowest BCUT2D eigenvalue weighted by Gasteiger charge is -2.04. The normalized spacial score (nSPS) is 23.6. The molecule has 80 valence electrons. The largest absolute Gasteiger partial charge is 0.349 e. The maximum atomic E-state index is 13.1. The van der Waals surface area contributed by atoms with E-state index < -0.39 is 5.95 Å². The molecule has 2 rings (SSSR count). The summed E-state index contributed by atoms with van der Waals surface area (Å²) in [7, 11) is 0. The second kappa shape index (κ2) is 3.96. The average Bonchev–Trinajstić information content (AvgIpc) is 2.97. The van der Waals surface area contributed by atoms with Crippen LogP contribution >= 0.6 is 0 Å². The van der Waals surface area contributed by atoms with Gasteiger partial charge in [-0.2, -0.15) is 4.39 Å². The topological polar surface area (TPSA) is 42.0 Å².